The number of allylic oxidation sites excluding steroid dienone is 1. The maximum absolute atomic E-state index is 13.7. The highest BCUT2D eigenvalue weighted by Gasteiger charge is 2.63. The SMILES string of the molecule is C/C=C1\CN[C@H]2C[C@@]3(C(=O)N(OC)c4cc(OC)ccc43)[C@@H]3C[C@H]1[C@@H]2CO3. The van der Waals surface area contributed by atoms with Crippen LogP contribution >= 0.6 is 0 Å². The van der Waals surface area contributed by atoms with Crippen LogP contribution in [-0.4, -0.2) is 45.4 Å². The van der Waals surface area contributed by atoms with E-state index in [4.69, 9.17) is 14.3 Å². The highest BCUT2D eigenvalue weighted by atomic mass is 16.7. The molecular formula is C21H26N2O4. The molecule has 4 fully saturated rings. The largest absolute Gasteiger partial charge is 0.497 e. The van der Waals surface area contributed by atoms with Gasteiger partial charge in [-0.15, -0.1) is 0 Å². The van der Waals surface area contributed by atoms with Crippen LogP contribution in [0.5, 0.6) is 5.75 Å². The number of carbonyl (C=O) groups is 1. The molecule has 1 N–H and O–H groups in total. The second-order valence-corrected chi connectivity index (χ2v) is 8.02. The van der Waals surface area contributed by atoms with Crippen molar-refractivity contribution in [2.45, 2.75) is 37.3 Å². The van der Waals surface area contributed by atoms with Gasteiger partial charge in [-0.3, -0.25) is 9.63 Å². The fourth-order valence-electron chi connectivity index (χ4n) is 5.81. The van der Waals surface area contributed by atoms with Crippen LogP contribution in [0.1, 0.15) is 25.3 Å². The number of anilines is 1. The first-order valence-electron chi connectivity index (χ1n) is 9.71. The molecule has 6 rings (SSSR count). The third-order valence-electron chi connectivity index (χ3n) is 7.15. The van der Waals surface area contributed by atoms with Gasteiger partial charge < -0.3 is 14.8 Å². The van der Waals surface area contributed by atoms with Gasteiger partial charge in [-0.1, -0.05) is 17.7 Å². The number of hydrogen-bond donors (Lipinski definition) is 1. The number of amides is 1. The average Bonchev–Trinajstić information content (AvgIpc) is 2.80. The summed E-state index contributed by atoms with van der Waals surface area (Å²) in [7, 11) is 3.18. The van der Waals surface area contributed by atoms with Crippen LogP contribution in [0.2, 0.25) is 0 Å². The van der Waals surface area contributed by atoms with Crippen LogP contribution in [0, 0.1) is 11.8 Å². The maximum atomic E-state index is 13.7. The molecule has 1 spiro atoms. The van der Waals surface area contributed by atoms with Gasteiger partial charge in [0.15, 0.2) is 0 Å². The van der Waals surface area contributed by atoms with Crippen molar-refractivity contribution in [3.63, 3.8) is 0 Å². The van der Waals surface area contributed by atoms with Crippen LogP contribution in [0.25, 0.3) is 0 Å². The van der Waals surface area contributed by atoms with Crippen molar-refractivity contribution in [3.8, 4) is 5.75 Å². The van der Waals surface area contributed by atoms with Crippen LogP contribution in [-0.2, 0) is 19.8 Å². The van der Waals surface area contributed by atoms with E-state index in [1.807, 2.05) is 18.2 Å². The molecule has 144 valence electrons. The highest BCUT2D eigenvalue weighted by Crippen LogP contribution is 2.56. The number of nitrogens with one attached hydrogen (secondary N) is 1. The Kier molecular flexibility index (Phi) is 3.86. The molecule has 1 aromatic carbocycles. The fourth-order valence-corrected chi connectivity index (χ4v) is 5.81. The van der Waals surface area contributed by atoms with Crippen LogP contribution in [0.4, 0.5) is 5.69 Å². The summed E-state index contributed by atoms with van der Waals surface area (Å²) in [5.74, 6) is 1.61. The predicted molar refractivity (Wildman–Crippen MR) is 101 cm³/mol. The van der Waals surface area contributed by atoms with E-state index in [1.165, 1.54) is 10.6 Å². The molecule has 5 aliphatic rings. The summed E-state index contributed by atoms with van der Waals surface area (Å²) in [5, 5.41) is 5.12. The van der Waals surface area contributed by atoms with E-state index in [1.54, 1.807) is 14.2 Å². The Labute approximate surface area is 159 Å². The molecule has 4 heterocycles. The summed E-state index contributed by atoms with van der Waals surface area (Å²) < 4.78 is 11.7. The molecule has 6 heteroatoms. The molecular weight excluding hydrogens is 344 g/mol. The third kappa shape index (κ3) is 2.15. The molecule has 0 aromatic heterocycles. The number of carbonyl (C=O) groups excluding carboxylic acids is 1. The normalized spacial score (nSPS) is 38.4. The number of hydroxylamine groups is 1. The zero-order valence-electron chi connectivity index (χ0n) is 16.0. The van der Waals surface area contributed by atoms with Crippen LogP contribution < -0.4 is 15.1 Å². The summed E-state index contributed by atoms with van der Waals surface area (Å²) in [6.07, 6.45) is 3.72. The zero-order chi connectivity index (χ0) is 18.8. The van der Waals surface area contributed by atoms with E-state index in [2.05, 4.69) is 18.3 Å². The quantitative estimate of drug-likeness (QED) is 0.809. The molecule has 1 aliphatic carbocycles. The number of fused-ring (bicyclic) bond motifs is 2. The Hall–Kier alpha value is -1.89. The van der Waals surface area contributed by atoms with Gasteiger partial charge in [0, 0.05) is 24.6 Å². The minimum Gasteiger partial charge on any atom is -0.497 e. The monoisotopic (exact) mass is 370 g/mol. The molecule has 4 aliphatic heterocycles. The number of nitrogens with zero attached hydrogens (tertiary/aromatic N) is 1. The Morgan fingerprint density at radius 2 is 2.22 bits per heavy atom. The molecule has 1 saturated carbocycles. The van der Waals surface area contributed by atoms with Gasteiger partial charge in [0.2, 0.25) is 0 Å². The van der Waals surface area contributed by atoms with Crippen molar-refractivity contribution < 1.29 is 19.1 Å². The van der Waals surface area contributed by atoms with E-state index in [0.717, 1.165) is 30.6 Å². The van der Waals surface area contributed by atoms with E-state index in [0.29, 0.717) is 24.2 Å². The second-order valence-electron chi connectivity index (χ2n) is 8.02. The van der Waals surface area contributed by atoms with Crippen molar-refractivity contribution in [2.24, 2.45) is 11.8 Å². The van der Waals surface area contributed by atoms with E-state index in [9.17, 15) is 4.79 Å². The van der Waals surface area contributed by atoms with E-state index < -0.39 is 5.41 Å². The maximum Gasteiger partial charge on any atom is 0.264 e. The molecule has 1 amide bonds. The number of rotatable bonds is 2. The Bertz CT molecular complexity index is 822. The van der Waals surface area contributed by atoms with Crippen LogP contribution in [0.3, 0.4) is 0 Å². The van der Waals surface area contributed by atoms with Gasteiger partial charge >= 0.3 is 0 Å². The van der Waals surface area contributed by atoms with Crippen molar-refractivity contribution in [1.29, 1.82) is 0 Å². The predicted octanol–water partition coefficient (Wildman–Crippen LogP) is 2.18. The van der Waals surface area contributed by atoms with Crippen molar-refractivity contribution >= 4 is 11.6 Å². The fraction of sp³-hybridized carbons (Fsp3) is 0.571. The average molecular weight is 370 g/mol. The zero-order valence-corrected chi connectivity index (χ0v) is 16.0. The Morgan fingerprint density at radius 1 is 1.37 bits per heavy atom. The topological polar surface area (TPSA) is 60.0 Å². The van der Waals surface area contributed by atoms with Crippen LogP contribution in [0.15, 0.2) is 29.8 Å². The van der Waals surface area contributed by atoms with E-state index >= 15 is 0 Å². The van der Waals surface area contributed by atoms with Gasteiger partial charge in [0.25, 0.3) is 5.91 Å². The molecule has 3 saturated heterocycles. The summed E-state index contributed by atoms with van der Waals surface area (Å²) in [4.78, 5) is 19.2. The van der Waals surface area contributed by atoms with E-state index in [-0.39, 0.29) is 18.1 Å². The van der Waals surface area contributed by atoms with Crippen molar-refractivity contribution in [2.75, 3.05) is 32.4 Å². The Morgan fingerprint density at radius 3 is 2.96 bits per heavy atom. The highest BCUT2D eigenvalue weighted by molar-refractivity contribution is 6.07. The molecule has 4 bridgehead atoms. The third-order valence-corrected chi connectivity index (χ3v) is 7.15. The van der Waals surface area contributed by atoms with Gasteiger partial charge in [0.1, 0.15) is 11.2 Å². The van der Waals surface area contributed by atoms with Gasteiger partial charge in [0.05, 0.1) is 32.6 Å². The number of hydrogen-bond acceptors (Lipinski definition) is 5. The summed E-state index contributed by atoms with van der Waals surface area (Å²) in [6.45, 7) is 3.72. The number of benzene rings is 1. The number of piperidine rings is 1. The lowest BCUT2D eigenvalue weighted by molar-refractivity contribution is -0.137. The van der Waals surface area contributed by atoms with Gasteiger partial charge in [-0.2, -0.15) is 5.06 Å². The number of methoxy groups -OCH3 is 1. The smallest absolute Gasteiger partial charge is 0.264 e. The minimum absolute atomic E-state index is 0.0183. The molecule has 1 aromatic rings. The summed E-state index contributed by atoms with van der Waals surface area (Å²) >= 11 is 0. The first kappa shape index (κ1) is 17.2. The second kappa shape index (κ2) is 6.06. The summed E-state index contributed by atoms with van der Waals surface area (Å²) in [6, 6.07) is 6.11. The standard InChI is InChI=1S/C21H26N2O4/c1-4-12-10-22-17-9-21(19-8-14(12)15(17)11-27-19)16-6-5-13(25-2)7-18(16)23(26-3)20(21)24/h4-7,14-15,17,19,22H,8-11H2,1-3H3/b12-4+/t14-,15+,17+,19+,21+/m1/s1. The van der Waals surface area contributed by atoms with Crippen molar-refractivity contribution in [3.05, 3.63) is 35.4 Å². The molecule has 5 atom stereocenters. The number of ether oxygens (including phenoxy) is 2. The van der Waals surface area contributed by atoms with Gasteiger partial charge in [-0.25, -0.2) is 0 Å². The summed E-state index contributed by atoms with van der Waals surface area (Å²) in [5.41, 5.74) is 2.52. The lowest BCUT2D eigenvalue weighted by Crippen LogP contribution is -2.50. The first-order chi connectivity index (χ1) is 13.1. The minimum atomic E-state index is -0.706. The lowest BCUT2D eigenvalue weighted by Gasteiger charge is -2.42. The molecule has 0 radical (unpaired) electrons. The first-order valence-corrected chi connectivity index (χ1v) is 9.71. The van der Waals surface area contributed by atoms with Gasteiger partial charge in [-0.05, 0) is 37.3 Å². The Balaban J connectivity index is 1.67. The molecule has 0 unspecified atom stereocenters. The lowest BCUT2D eigenvalue weighted by atomic mass is 9.72. The molecule has 27 heavy (non-hydrogen) atoms. The van der Waals surface area contributed by atoms with Crippen molar-refractivity contribution in [1.82, 2.24) is 5.32 Å². The molecule has 6 nitrogen and oxygen atoms in total.